The molecular weight excluding hydrogens is 136 g/mol. The zero-order chi connectivity index (χ0) is 5.98. The second-order valence-electron chi connectivity index (χ2n) is 1.62. The van der Waals surface area contributed by atoms with Crippen LogP contribution < -0.4 is 0 Å². The summed E-state index contributed by atoms with van der Waals surface area (Å²) in [5.41, 5.74) is 0. The Morgan fingerprint density at radius 2 is 2.50 bits per heavy atom. The maximum absolute atomic E-state index is 4.17. The molecule has 0 saturated heterocycles. The summed E-state index contributed by atoms with van der Waals surface area (Å²) in [4.78, 5) is 2.50. The molecule has 0 N–H and O–H groups in total. The summed E-state index contributed by atoms with van der Waals surface area (Å²) in [5.74, 6) is 0. The van der Waals surface area contributed by atoms with Crippen molar-refractivity contribution in [3.05, 3.63) is 16.3 Å². The minimum absolute atomic E-state index is 1.09. The van der Waals surface area contributed by atoms with E-state index in [2.05, 4.69) is 31.0 Å². The lowest BCUT2D eigenvalue weighted by Crippen LogP contribution is -1.64. The van der Waals surface area contributed by atoms with Gasteiger partial charge in [-0.15, -0.1) is 24.0 Å². The molecule has 8 heavy (non-hydrogen) atoms. The third-order valence-corrected chi connectivity index (χ3v) is 2.50. The molecule has 1 heterocycles. The molecule has 0 radical (unpaired) electrons. The topological polar surface area (TPSA) is 0 Å². The zero-order valence-corrected chi connectivity index (χ0v) is 6.43. The van der Waals surface area contributed by atoms with Crippen molar-refractivity contribution < 1.29 is 0 Å². The lowest BCUT2D eigenvalue weighted by Gasteiger charge is -1.79. The van der Waals surface area contributed by atoms with Crippen molar-refractivity contribution in [2.75, 3.05) is 0 Å². The summed E-state index contributed by atoms with van der Waals surface area (Å²) in [7, 11) is 0. The van der Waals surface area contributed by atoms with E-state index >= 15 is 0 Å². The molecular formula is C6H8S2. The first kappa shape index (κ1) is 6.17. The van der Waals surface area contributed by atoms with Crippen LogP contribution in [0.25, 0.3) is 0 Å². The molecule has 1 aromatic rings. The Morgan fingerprint density at radius 1 is 1.75 bits per heavy atom. The van der Waals surface area contributed by atoms with Gasteiger partial charge in [-0.05, 0) is 12.5 Å². The van der Waals surface area contributed by atoms with E-state index in [0.29, 0.717) is 0 Å². The minimum Gasteiger partial charge on any atom is -0.148 e. The Kier molecular flexibility index (Phi) is 1.97. The number of thiophene rings is 1. The van der Waals surface area contributed by atoms with Crippen molar-refractivity contribution in [3.8, 4) is 0 Å². The van der Waals surface area contributed by atoms with Gasteiger partial charge in [-0.1, -0.05) is 6.92 Å². The highest BCUT2D eigenvalue weighted by Gasteiger charge is 1.90. The molecule has 0 aromatic carbocycles. The summed E-state index contributed by atoms with van der Waals surface area (Å²) in [6.45, 7) is 2.15. The van der Waals surface area contributed by atoms with Crippen LogP contribution in [0.2, 0.25) is 0 Å². The van der Waals surface area contributed by atoms with Gasteiger partial charge in [0.05, 0.1) is 0 Å². The van der Waals surface area contributed by atoms with E-state index in [1.165, 1.54) is 4.88 Å². The van der Waals surface area contributed by atoms with Gasteiger partial charge in [0.1, 0.15) is 0 Å². The molecule has 0 bridgehead atoms. The van der Waals surface area contributed by atoms with Crippen molar-refractivity contribution in [1.82, 2.24) is 0 Å². The summed E-state index contributed by atoms with van der Waals surface area (Å²) in [6.07, 6.45) is 1.13. The Hall–Kier alpha value is 0.0500. The molecule has 0 amide bonds. The number of hydrogen-bond acceptors (Lipinski definition) is 2. The lowest BCUT2D eigenvalue weighted by atomic mass is 10.4. The van der Waals surface area contributed by atoms with E-state index in [0.717, 1.165) is 11.3 Å². The maximum atomic E-state index is 4.17. The fourth-order valence-corrected chi connectivity index (χ4v) is 1.66. The van der Waals surface area contributed by atoms with Crippen LogP contribution in [0.5, 0.6) is 0 Å². The minimum atomic E-state index is 1.09. The number of thiol groups is 1. The second-order valence-corrected chi connectivity index (χ2v) is 3.14. The van der Waals surface area contributed by atoms with E-state index in [-0.39, 0.29) is 0 Å². The average molecular weight is 144 g/mol. The summed E-state index contributed by atoms with van der Waals surface area (Å²) in [5, 5.41) is 2.06. The smallest absolute Gasteiger partial charge is 0.0150 e. The first-order valence-corrected chi connectivity index (χ1v) is 3.92. The van der Waals surface area contributed by atoms with Crippen LogP contribution in [-0.4, -0.2) is 0 Å². The predicted molar refractivity (Wildman–Crippen MR) is 40.9 cm³/mol. The summed E-state index contributed by atoms with van der Waals surface area (Å²) >= 11 is 5.94. The van der Waals surface area contributed by atoms with Gasteiger partial charge >= 0.3 is 0 Å². The van der Waals surface area contributed by atoms with Crippen molar-refractivity contribution in [3.63, 3.8) is 0 Å². The average Bonchev–Trinajstić information content (AvgIpc) is 2.14. The van der Waals surface area contributed by atoms with Gasteiger partial charge in [-0.3, -0.25) is 0 Å². The Balaban J connectivity index is 2.84. The van der Waals surface area contributed by atoms with Crippen LogP contribution in [0.3, 0.4) is 0 Å². The number of hydrogen-bond donors (Lipinski definition) is 1. The fraction of sp³-hybridized carbons (Fsp3) is 0.333. The van der Waals surface area contributed by atoms with Crippen molar-refractivity contribution in [2.45, 2.75) is 18.2 Å². The molecule has 0 aliphatic heterocycles. The van der Waals surface area contributed by atoms with Gasteiger partial charge in [-0.2, -0.15) is 0 Å². The molecule has 2 heteroatoms. The highest BCUT2D eigenvalue weighted by atomic mass is 32.1. The van der Waals surface area contributed by atoms with E-state index in [1.54, 1.807) is 11.3 Å². The lowest BCUT2D eigenvalue weighted by molar-refractivity contribution is 1.18. The van der Waals surface area contributed by atoms with Gasteiger partial charge < -0.3 is 0 Å². The molecule has 0 aliphatic carbocycles. The fourth-order valence-electron chi connectivity index (χ4n) is 0.554. The van der Waals surface area contributed by atoms with E-state index < -0.39 is 0 Å². The van der Waals surface area contributed by atoms with E-state index in [1.807, 2.05) is 0 Å². The van der Waals surface area contributed by atoms with Crippen LogP contribution in [0.15, 0.2) is 16.3 Å². The van der Waals surface area contributed by atoms with Gasteiger partial charge in [0.2, 0.25) is 0 Å². The number of rotatable bonds is 1. The van der Waals surface area contributed by atoms with Gasteiger partial charge in [0.15, 0.2) is 0 Å². The molecule has 0 unspecified atom stereocenters. The molecule has 1 rings (SSSR count). The van der Waals surface area contributed by atoms with Crippen LogP contribution >= 0.6 is 24.0 Å². The van der Waals surface area contributed by atoms with E-state index in [9.17, 15) is 0 Å². The molecule has 1 aromatic heterocycles. The molecule has 44 valence electrons. The van der Waals surface area contributed by atoms with Crippen molar-refractivity contribution in [1.29, 1.82) is 0 Å². The monoisotopic (exact) mass is 144 g/mol. The summed E-state index contributed by atoms with van der Waals surface area (Å²) in [6, 6.07) is 2.10. The van der Waals surface area contributed by atoms with Gasteiger partial charge in [0.25, 0.3) is 0 Å². The maximum Gasteiger partial charge on any atom is 0.0150 e. The van der Waals surface area contributed by atoms with Crippen LogP contribution in [0.1, 0.15) is 11.8 Å². The van der Waals surface area contributed by atoms with Gasteiger partial charge in [0, 0.05) is 15.2 Å². The van der Waals surface area contributed by atoms with Crippen LogP contribution in [-0.2, 0) is 6.42 Å². The molecule has 0 fully saturated rings. The molecule has 0 spiro atoms. The largest absolute Gasteiger partial charge is 0.148 e. The highest BCUT2D eigenvalue weighted by molar-refractivity contribution is 7.80. The van der Waals surface area contributed by atoms with Crippen LogP contribution in [0, 0.1) is 0 Å². The molecule has 0 atom stereocenters. The highest BCUT2D eigenvalue weighted by Crippen LogP contribution is 2.17. The molecule has 0 aliphatic rings. The molecule has 0 nitrogen and oxygen atoms in total. The summed E-state index contributed by atoms with van der Waals surface area (Å²) < 4.78 is 0. The molecule has 0 saturated carbocycles. The quantitative estimate of drug-likeness (QED) is 0.575. The first-order chi connectivity index (χ1) is 3.83. The third-order valence-electron chi connectivity index (χ3n) is 0.988. The Bertz CT molecular complexity index is 167. The van der Waals surface area contributed by atoms with Crippen molar-refractivity contribution >= 4 is 24.0 Å². The van der Waals surface area contributed by atoms with Gasteiger partial charge in [-0.25, -0.2) is 0 Å². The van der Waals surface area contributed by atoms with Crippen molar-refractivity contribution in [2.24, 2.45) is 0 Å². The third kappa shape index (κ3) is 1.26. The SMILES string of the molecule is CCc1cc(S)cs1. The standard InChI is InChI=1S/C6H8S2/c1-2-6-3-5(7)4-8-6/h3-4,7H,2H2,1H3. The Labute approximate surface area is 59.0 Å². The first-order valence-electron chi connectivity index (χ1n) is 2.59. The van der Waals surface area contributed by atoms with Crippen LogP contribution in [0.4, 0.5) is 0 Å². The number of aryl methyl sites for hydroxylation is 1. The van der Waals surface area contributed by atoms with E-state index in [4.69, 9.17) is 0 Å². The normalized spacial score (nSPS) is 9.75. The predicted octanol–water partition coefficient (Wildman–Crippen LogP) is 2.60. The Morgan fingerprint density at radius 3 is 2.75 bits per heavy atom. The zero-order valence-electron chi connectivity index (χ0n) is 4.72. The second kappa shape index (κ2) is 2.55.